The van der Waals surface area contributed by atoms with E-state index in [0.717, 1.165) is 23.4 Å². The molecule has 2 aromatic rings. The smallest absolute Gasteiger partial charge is 0.319 e. The summed E-state index contributed by atoms with van der Waals surface area (Å²) in [7, 11) is 0. The lowest BCUT2D eigenvalue weighted by Gasteiger charge is -2.14. The highest BCUT2D eigenvalue weighted by Gasteiger charge is 2.30. The van der Waals surface area contributed by atoms with Gasteiger partial charge in [-0.15, -0.1) is 0 Å². The third-order valence-corrected chi connectivity index (χ3v) is 2.85. The van der Waals surface area contributed by atoms with Gasteiger partial charge in [-0.25, -0.2) is 0 Å². The van der Waals surface area contributed by atoms with Gasteiger partial charge in [0.25, 0.3) is 0 Å². The number of hydrogen-bond acceptors (Lipinski definition) is 3. The maximum absolute atomic E-state index is 12.4. The lowest BCUT2D eigenvalue weighted by molar-refractivity contribution is -0.137. The van der Waals surface area contributed by atoms with Crippen LogP contribution in [0.15, 0.2) is 36.8 Å². The van der Waals surface area contributed by atoms with Crippen molar-refractivity contribution in [2.75, 3.05) is 0 Å². The number of alkyl halides is 3. The monoisotopic (exact) mass is 267 g/mol. The van der Waals surface area contributed by atoms with Crippen LogP contribution in [0.5, 0.6) is 0 Å². The maximum Gasteiger partial charge on any atom is 0.417 e. The third kappa shape index (κ3) is 2.90. The molecule has 1 atom stereocenters. The first-order valence-electron chi connectivity index (χ1n) is 5.59. The molecule has 100 valence electrons. The zero-order valence-electron chi connectivity index (χ0n) is 10.1. The molecule has 2 aromatic heterocycles. The summed E-state index contributed by atoms with van der Waals surface area (Å²) in [4.78, 5) is 7.75. The van der Waals surface area contributed by atoms with E-state index in [1.807, 2.05) is 6.92 Å². The number of rotatable bonds is 2. The summed E-state index contributed by atoms with van der Waals surface area (Å²) in [5, 5.41) is 0. The maximum atomic E-state index is 12.4. The molecule has 0 amide bonds. The molecular weight excluding hydrogens is 255 g/mol. The van der Waals surface area contributed by atoms with Gasteiger partial charge in [-0.1, -0.05) is 0 Å². The molecule has 2 heterocycles. The van der Waals surface area contributed by atoms with Crippen molar-refractivity contribution in [2.45, 2.75) is 19.1 Å². The first-order chi connectivity index (χ1) is 8.89. The molecule has 0 aromatic carbocycles. The van der Waals surface area contributed by atoms with Crippen molar-refractivity contribution in [3.05, 3.63) is 59.2 Å². The van der Waals surface area contributed by atoms with Crippen molar-refractivity contribution >= 4 is 0 Å². The Bertz CT molecular complexity index is 564. The van der Waals surface area contributed by atoms with Gasteiger partial charge in [0.1, 0.15) is 0 Å². The van der Waals surface area contributed by atoms with Crippen LogP contribution in [0.4, 0.5) is 13.2 Å². The second-order valence-electron chi connectivity index (χ2n) is 4.18. The van der Waals surface area contributed by atoms with Crippen LogP contribution >= 0.6 is 0 Å². The van der Waals surface area contributed by atoms with Crippen LogP contribution in [0.25, 0.3) is 0 Å². The predicted molar refractivity (Wildman–Crippen MR) is 64.2 cm³/mol. The van der Waals surface area contributed by atoms with E-state index in [9.17, 15) is 13.2 Å². The number of nitrogens with zero attached hydrogens (tertiary/aromatic N) is 2. The zero-order valence-corrected chi connectivity index (χ0v) is 10.1. The van der Waals surface area contributed by atoms with Gasteiger partial charge in [-0.3, -0.25) is 9.97 Å². The first-order valence-corrected chi connectivity index (χ1v) is 5.59. The fourth-order valence-corrected chi connectivity index (χ4v) is 1.72. The molecule has 2 N–H and O–H groups in total. The number of hydrogen-bond donors (Lipinski definition) is 1. The van der Waals surface area contributed by atoms with Crippen LogP contribution < -0.4 is 5.73 Å². The number of pyridine rings is 2. The minimum atomic E-state index is -4.39. The van der Waals surface area contributed by atoms with Crippen LogP contribution in [0, 0.1) is 6.92 Å². The highest BCUT2D eigenvalue weighted by molar-refractivity contribution is 5.32. The van der Waals surface area contributed by atoms with Crippen LogP contribution in [-0.4, -0.2) is 9.97 Å². The molecular formula is C13H12F3N3. The van der Waals surface area contributed by atoms with Crippen molar-refractivity contribution in [2.24, 2.45) is 5.73 Å². The van der Waals surface area contributed by atoms with Crippen LogP contribution in [0.1, 0.15) is 28.4 Å². The average molecular weight is 267 g/mol. The van der Waals surface area contributed by atoms with E-state index in [-0.39, 0.29) is 0 Å². The molecule has 0 bridgehead atoms. The Hall–Kier alpha value is -1.95. The Morgan fingerprint density at radius 2 is 1.89 bits per heavy atom. The van der Waals surface area contributed by atoms with Gasteiger partial charge in [-0.05, 0) is 36.2 Å². The third-order valence-electron chi connectivity index (χ3n) is 2.85. The molecule has 2 rings (SSSR count). The fraction of sp³-hybridized carbons (Fsp3) is 0.231. The normalized spacial score (nSPS) is 13.3. The molecule has 3 nitrogen and oxygen atoms in total. The molecule has 0 saturated carbocycles. The van der Waals surface area contributed by atoms with E-state index in [2.05, 4.69) is 9.97 Å². The van der Waals surface area contributed by atoms with Gasteiger partial charge in [-0.2, -0.15) is 13.2 Å². The van der Waals surface area contributed by atoms with Gasteiger partial charge in [0.05, 0.1) is 17.3 Å². The fourth-order valence-electron chi connectivity index (χ4n) is 1.72. The Morgan fingerprint density at radius 1 is 1.16 bits per heavy atom. The number of aryl methyl sites for hydroxylation is 1. The zero-order chi connectivity index (χ0) is 14.0. The number of halogens is 3. The van der Waals surface area contributed by atoms with Crippen molar-refractivity contribution in [3.8, 4) is 0 Å². The SMILES string of the molecule is Cc1ccncc1C(N)c1ccc(C(F)(F)F)cn1. The minimum Gasteiger partial charge on any atom is -0.319 e. The Labute approximate surface area is 108 Å². The van der Waals surface area contributed by atoms with E-state index in [1.54, 1.807) is 18.5 Å². The van der Waals surface area contributed by atoms with E-state index < -0.39 is 17.8 Å². The van der Waals surface area contributed by atoms with Crippen molar-refractivity contribution in [1.29, 1.82) is 0 Å². The second kappa shape index (κ2) is 4.97. The summed E-state index contributed by atoms with van der Waals surface area (Å²) in [6.45, 7) is 1.86. The van der Waals surface area contributed by atoms with Gasteiger partial charge < -0.3 is 5.73 Å². The molecule has 0 radical (unpaired) electrons. The largest absolute Gasteiger partial charge is 0.417 e. The van der Waals surface area contributed by atoms with Crippen molar-refractivity contribution in [1.82, 2.24) is 9.97 Å². The predicted octanol–water partition coefficient (Wildman–Crippen LogP) is 2.85. The van der Waals surface area contributed by atoms with E-state index >= 15 is 0 Å². The van der Waals surface area contributed by atoms with Gasteiger partial charge in [0, 0.05) is 18.6 Å². The average Bonchev–Trinajstić information content (AvgIpc) is 2.38. The highest BCUT2D eigenvalue weighted by atomic mass is 19.4. The molecule has 0 aliphatic carbocycles. The molecule has 0 aliphatic rings. The van der Waals surface area contributed by atoms with Crippen molar-refractivity contribution < 1.29 is 13.2 Å². The first kappa shape index (κ1) is 13.5. The summed E-state index contributed by atoms with van der Waals surface area (Å²) in [6.07, 6.45) is -0.369. The Balaban J connectivity index is 2.31. The Kier molecular flexibility index (Phi) is 3.53. The van der Waals surface area contributed by atoms with Crippen molar-refractivity contribution in [3.63, 3.8) is 0 Å². The standard InChI is InChI=1S/C13H12F3N3/c1-8-4-5-18-7-10(8)12(17)11-3-2-9(6-19-11)13(14,15)16/h2-7,12H,17H2,1H3. The summed E-state index contributed by atoms with van der Waals surface area (Å²) < 4.78 is 37.3. The van der Waals surface area contributed by atoms with Gasteiger partial charge in [0.15, 0.2) is 0 Å². The summed E-state index contributed by atoms with van der Waals surface area (Å²) in [5.41, 5.74) is 7.25. The molecule has 6 heteroatoms. The Morgan fingerprint density at radius 3 is 2.42 bits per heavy atom. The van der Waals surface area contributed by atoms with Crippen LogP contribution in [0.3, 0.4) is 0 Å². The number of nitrogens with two attached hydrogens (primary N) is 1. The summed E-state index contributed by atoms with van der Waals surface area (Å²) in [5.74, 6) is 0. The second-order valence-corrected chi connectivity index (χ2v) is 4.18. The van der Waals surface area contributed by atoms with Crippen LogP contribution in [0.2, 0.25) is 0 Å². The molecule has 0 spiro atoms. The van der Waals surface area contributed by atoms with Gasteiger partial charge in [0.2, 0.25) is 0 Å². The molecule has 1 unspecified atom stereocenters. The highest BCUT2D eigenvalue weighted by Crippen LogP contribution is 2.29. The lowest BCUT2D eigenvalue weighted by atomic mass is 10.0. The quantitative estimate of drug-likeness (QED) is 0.910. The molecule has 19 heavy (non-hydrogen) atoms. The lowest BCUT2D eigenvalue weighted by Crippen LogP contribution is -2.16. The topological polar surface area (TPSA) is 51.8 Å². The number of aromatic nitrogens is 2. The van der Waals surface area contributed by atoms with E-state index in [4.69, 9.17) is 5.73 Å². The van der Waals surface area contributed by atoms with E-state index in [0.29, 0.717) is 5.69 Å². The molecule has 0 fully saturated rings. The summed E-state index contributed by atoms with van der Waals surface area (Å²) in [6, 6.07) is 3.48. The van der Waals surface area contributed by atoms with Crippen LogP contribution in [-0.2, 0) is 6.18 Å². The van der Waals surface area contributed by atoms with E-state index in [1.165, 1.54) is 6.07 Å². The van der Waals surface area contributed by atoms with Gasteiger partial charge >= 0.3 is 6.18 Å². The molecule has 0 aliphatic heterocycles. The minimum absolute atomic E-state index is 0.379. The molecule has 0 saturated heterocycles. The summed E-state index contributed by atoms with van der Waals surface area (Å²) >= 11 is 0.